The van der Waals surface area contributed by atoms with E-state index in [1.807, 2.05) is 42.5 Å². The van der Waals surface area contributed by atoms with Crippen molar-refractivity contribution in [1.82, 2.24) is 30.4 Å². The SMILES string of the molecule is O=C(NCCCOc1ccccc1)NCc1cccnc1-n1cncn1. The minimum Gasteiger partial charge on any atom is -0.494 e. The van der Waals surface area contributed by atoms with E-state index in [0.717, 1.165) is 17.7 Å². The van der Waals surface area contributed by atoms with Gasteiger partial charge in [-0.15, -0.1) is 0 Å². The van der Waals surface area contributed by atoms with Crippen LogP contribution in [0.2, 0.25) is 0 Å². The van der Waals surface area contributed by atoms with Crippen molar-refractivity contribution in [3.8, 4) is 11.6 Å². The molecule has 2 heterocycles. The second-order valence-corrected chi connectivity index (χ2v) is 5.45. The lowest BCUT2D eigenvalue weighted by molar-refractivity contribution is 0.238. The molecule has 8 heteroatoms. The van der Waals surface area contributed by atoms with Gasteiger partial charge in [0.25, 0.3) is 0 Å². The molecule has 8 nitrogen and oxygen atoms in total. The van der Waals surface area contributed by atoms with Crippen LogP contribution in [0.15, 0.2) is 61.3 Å². The van der Waals surface area contributed by atoms with Crippen molar-refractivity contribution >= 4 is 6.03 Å². The molecule has 0 saturated carbocycles. The normalized spacial score (nSPS) is 10.3. The Balaban J connectivity index is 1.38. The summed E-state index contributed by atoms with van der Waals surface area (Å²) in [6.45, 7) is 1.42. The van der Waals surface area contributed by atoms with E-state index in [2.05, 4.69) is 25.7 Å². The minimum atomic E-state index is -0.238. The number of nitrogens with zero attached hydrogens (tertiary/aromatic N) is 4. The number of amides is 2. The number of aromatic nitrogens is 4. The van der Waals surface area contributed by atoms with E-state index in [-0.39, 0.29) is 6.03 Å². The molecule has 26 heavy (non-hydrogen) atoms. The van der Waals surface area contributed by atoms with Gasteiger partial charge in [-0.25, -0.2) is 19.4 Å². The van der Waals surface area contributed by atoms with Gasteiger partial charge in [-0.3, -0.25) is 0 Å². The molecule has 1 aromatic carbocycles. The first-order valence-corrected chi connectivity index (χ1v) is 8.31. The first-order chi connectivity index (χ1) is 12.8. The summed E-state index contributed by atoms with van der Waals surface area (Å²) in [5, 5.41) is 9.70. The average Bonchev–Trinajstić information content (AvgIpc) is 3.22. The molecule has 2 N–H and O–H groups in total. The molecule has 0 bridgehead atoms. The van der Waals surface area contributed by atoms with Crippen LogP contribution in [0.3, 0.4) is 0 Å². The quantitative estimate of drug-likeness (QED) is 0.604. The van der Waals surface area contributed by atoms with Crippen LogP contribution in [0.1, 0.15) is 12.0 Å². The second kappa shape index (κ2) is 9.16. The molecule has 0 spiro atoms. The molecule has 0 radical (unpaired) electrons. The zero-order valence-electron chi connectivity index (χ0n) is 14.2. The van der Waals surface area contributed by atoms with Gasteiger partial charge < -0.3 is 15.4 Å². The van der Waals surface area contributed by atoms with Crippen LogP contribution in [-0.2, 0) is 6.54 Å². The molecule has 0 unspecified atom stereocenters. The van der Waals surface area contributed by atoms with Crippen LogP contribution in [0.4, 0.5) is 4.79 Å². The first-order valence-electron chi connectivity index (χ1n) is 8.31. The van der Waals surface area contributed by atoms with E-state index in [1.54, 1.807) is 17.2 Å². The topological polar surface area (TPSA) is 94.0 Å². The standard InChI is InChI=1S/C18H20N6O2/c25-18(21-10-5-11-26-16-7-2-1-3-8-16)22-12-15-6-4-9-20-17(15)24-14-19-13-23-24/h1-4,6-9,13-14H,5,10-12H2,(H2,21,22,25). The lowest BCUT2D eigenvalue weighted by Gasteiger charge is -2.10. The number of urea groups is 1. The zero-order valence-corrected chi connectivity index (χ0v) is 14.2. The van der Waals surface area contributed by atoms with Gasteiger partial charge in [0, 0.05) is 24.8 Å². The Hall–Kier alpha value is -3.42. The summed E-state index contributed by atoms with van der Waals surface area (Å²) in [4.78, 5) is 20.1. The van der Waals surface area contributed by atoms with Crippen molar-refractivity contribution in [3.63, 3.8) is 0 Å². The Morgan fingerprint density at radius 1 is 1.12 bits per heavy atom. The van der Waals surface area contributed by atoms with Gasteiger partial charge in [-0.05, 0) is 24.6 Å². The Kier molecular flexibility index (Phi) is 6.13. The Morgan fingerprint density at radius 2 is 2.00 bits per heavy atom. The van der Waals surface area contributed by atoms with Gasteiger partial charge in [0.1, 0.15) is 18.4 Å². The van der Waals surface area contributed by atoms with Crippen LogP contribution >= 0.6 is 0 Å². The molecule has 3 rings (SSSR count). The highest BCUT2D eigenvalue weighted by molar-refractivity contribution is 5.73. The third-order valence-electron chi connectivity index (χ3n) is 3.56. The highest BCUT2D eigenvalue weighted by Gasteiger charge is 2.07. The number of ether oxygens (including phenoxy) is 1. The van der Waals surface area contributed by atoms with Gasteiger partial charge >= 0.3 is 6.03 Å². The molecule has 0 fully saturated rings. The van der Waals surface area contributed by atoms with Crippen LogP contribution in [0.25, 0.3) is 5.82 Å². The summed E-state index contributed by atoms with van der Waals surface area (Å²) in [6, 6.07) is 13.1. The number of para-hydroxylation sites is 1. The molecular formula is C18H20N6O2. The van der Waals surface area contributed by atoms with Crippen molar-refractivity contribution in [1.29, 1.82) is 0 Å². The summed E-state index contributed by atoms with van der Waals surface area (Å²) in [7, 11) is 0. The lowest BCUT2D eigenvalue weighted by Crippen LogP contribution is -2.36. The Bertz CT molecular complexity index is 808. The van der Waals surface area contributed by atoms with Crippen molar-refractivity contribution < 1.29 is 9.53 Å². The first kappa shape index (κ1) is 17.4. The third-order valence-corrected chi connectivity index (χ3v) is 3.56. The van der Waals surface area contributed by atoms with Crippen LogP contribution in [-0.4, -0.2) is 38.9 Å². The van der Waals surface area contributed by atoms with Crippen molar-refractivity contribution in [2.75, 3.05) is 13.2 Å². The second-order valence-electron chi connectivity index (χ2n) is 5.45. The number of benzene rings is 1. The van der Waals surface area contributed by atoms with E-state index in [9.17, 15) is 4.79 Å². The predicted molar refractivity (Wildman–Crippen MR) is 95.9 cm³/mol. The summed E-state index contributed by atoms with van der Waals surface area (Å²) in [6.07, 6.45) is 5.40. The number of nitrogens with one attached hydrogen (secondary N) is 2. The van der Waals surface area contributed by atoms with Gasteiger partial charge in [-0.1, -0.05) is 24.3 Å². The van der Waals surface area contributed by atoms with Gasteiger partial charge in [0.15, 0.2) is 5.82 Å². The maximum absolute atomic E-state index is 11.9. The molecule has 0 saturated heterocycles. The maximum Gasteiger partial charge on any atom is 0.315 e. The smallest absolute Gasteiger partial charge is 0.315 e. The van der Waals surface area contributed by atoms with E-state index in [4.69, 9.17) is 4.74 Å². The largest absolute Gasteiger partial charge is 0.494 e. The van der Waals surface area contributed by atoms with Gasteiger partial charge in [-0.2, -0.15) is 5.10 Å². The molecular weight excluding hydrogens is 332 g/mol. The maximum atomic E-state index is 11.9. The number of hydrogen-bond donors (Lipinski definition) is 2. The van der Waals surface area contributed by atoms with Gasteiger partial charge in [0.05, 0.1) is 6.61 Å². The van der Waals surface area contributed by atoms with Crippen molar-refractivity contribution in [2.45, 2.75) is 13.0 Å². The fraction of sp³-hybridized carbons (Fsp3) is 0.222. The molecule has 0 aliphatic heterocycles. The molecule has 2 aromatic heterocycles. The number of carbonyl (C=O) groups excluding carboxylic acids is 1. The lowest BCUT2D eigenvalue weighted by atomic mass is 10.2. The van der Waals surface area contributed by atoms with Crippen LogP contribution in [0, 0.1) is 0 Å². The fourth-order valence-corrected chi connectivity index (χ4v) is 2.31. The number of carbonyl (C=O) groups is 1. The van der Waals surface area contributed by atoms with E-state index >= 15 is 0 Å². The fourth-order valence-electron chi connectivity index (χ4n) is 2.31. The molecule has 0 aliphatic carbocycles. The third kappa shape index (κ3) is 5.04. The number of pyridine rings is 1. The summed E-state index contributed by atoms with van der Waals surface area (Å²) >= 11 is 0. The van der Waals surface area contributed by atoms with E-state index < -0.39 is 0 Å². The molecule has 3 aromatic rings. The summed E-state index contributed by atoms with van der Waals surface area (Å²) in [5.41, 5.74) is 0.848. The highest BCUT2D eigenvalue weighted by atomic mass is 16.5. The Labute approximate surface area is 151 Å². The minimum absolute atomic E-state index is 0.238. The van der Waals surface area contributed by atoms with E-state index in [1.165, 1.54) is 6.33 Å². The average molecular weight is 352 g/mol. The van der Waals surface area contributed by atoms with Crippen molar-refractivity contribution in [3.05, 3.63) is 66.9 Å². The summed E-state index contributed by atoms with van der Waals surface area (Å²) in [5.74, 6) is 1.47. The zero-order chi connectivity index (χ0) is 18.0. The van der Waals surface area contributed by atoms with Crippen LogP contribution in [0.5, 0.6) is 5.75 Å². The van der Waals surface area contributed by atoms with Crippen molar-refractivity contribution in [2.24, 2.45) is 0 Å². The molecule has 0 aliphatic rings. The predicted octanol–water partition coefficient (Wildman–Crippen LogP) is 1.93. The molecule has 134 valence electrons. The van der Waals surface area contributed by atoms with Crippen LogP contribution < -0.4 is 15.4 Å². The highest BCUT2D eigenvalue weighted by Crippen LogP contribution is 2.09. The Morgan fingerprint density at radius 3 is 2.81 bits per heavy atom. The molecule has 2 amide bonds. The molecule has 0 atom stereocenters. The number of rotatable bonds is 8. The van der Waals surface area contributed by atoms with E-state index in [0.29, 0.717) is 25.5 Å². The monoisotopic (exact) mass is 352 g/mol. The summed E-state index contributed by atoms with van der Waals surface area (Å²) < 4.78 is 7.14. The number of hydrogen-bond acceptors (Lipinski definition) is 5. The van der Waals surface area contributed by atoms with Gasteiger partial charge in [0.2, 0.25) is 0 Å².